The molecule has 1 heterocycles. The maximum atomic E-state index is 11.8. The Morgan fingerprint density at radius 1 is 1.50 bits per heavy atom. The minimum absolute atomic E-state index is 0.0604. The van der Waals surface area contributed by atoms with Crippen molar-refractivity contribution < 1.29 is 12.9 Å². The Morgan fingerprint density at radius 2 is 2.22 bits per heavy atom. The van der Waals surface area contributed by atoms with E-state index in [0.29, 0.717) is 11.8 Å². The molecule has 1 aromatic rings. The summed E-state index contributed by atoms with van der Waals surface area (Å²) in [6.45, 7) is 3.87. The van der Waals surface area contributed by atoms with E-state index in [1.165, 1.54) is 0 Å². The maximum absolute atomic E-state index is 11.8. The third-order valence-corrected chi connectivity index (χ3v) is 4.23. The number of rotatable bonds is 7. The van der Waals surface area contributed by atoms with Crippen LogP contribution in [0.4, 0.5) is 0 Å². The molecule has 1 atom stereocenters. The smallest absolute Gasteiger partial charge is 0.229 e. The molecule has 1 aromatic heterocycles. The quantitative estimate of drug-likeness (QED) is 0.814. The van der Waals surface area contributed by atoms with Crippen molar-refractivity contribution in [1.29, 1.82) is 0 Å². The first-order valence-electron chi connectivity index (χ1n) is 6.32. The van der Waals surface area contributed by atoms with Gasteiger partial charge in [0.05, 0.1) is 0 Å². The Balaban J connectivity index is 1.93. The van der Waals surface area contributed by atoms with Crippen LogP contribution in [0.15, 0.2) is 4.52 Å². The molecule has 1 unspecified atom stereocenters. The largest absolute Gasteiger partial charge is 0.339 e. The van der Waals surface area contributed by atoms with Crippen LogP contribution in [-0.2, 0) is 15.8 Å². The minimum atomic E-state index is -3.38. The zero-order valence-electron chi connectivity index (χ0n) is 10.7. The van der Waals surface area contributed by atoms with E-state index >= 15 is 0 Å². The van der Waals surface area contributed by atoms with Gasteiger partial charge in [-0.2, -0.15) is 4.98 Å². The highest BCUT2D eigenvalue weighted by Gasteiger charge is 2.30. The molecule has 6 nitrogen and oxygen atoms in total. The standard InChI is InChI=1S/C11H19N3O3S/c1-3-4-8(2)14-18(15,16)7-10-12-11(17-13-10)9-5-6-9/h8-9,14H,3-7H2,1-2H3. The monoisotopic (exact) mass is 273 g/mol. The van der Waals surface area contributed by atoms with Gasteiger partial charge in [0.1, 0.15) is 5.75 Å². The van der Waals surface area contributed by atoms with Crippen LogP contribution >= 0.6 is 0 Å². The van der Waals surface area contributed by atoms with Gasteiger partial charge in [-0.3, -0.25) is 0 Å². The van der Waals surface area contributed by atoms with Crippen molar-refractivity contribution in [2.45, 2.75) is 57.2 Å². The van der Waals surface area contributed by atoms with E-state index in [-0.39, 0.29) is 17.6 Å². The first kappa shape index (κ1) is 13.5. The summed E-state index contributed by atoms with van der Waals surface area (Å²) in [6, 6.07) is -0.0604. The molecular weight excluding hydrogens is 254 g/mol. The Hall–Kier alpha value is -0.950. The van der Waals surface area contributed by atoms with Crippen LogP contribution in [0.1, 0.15) is 57.2 Å². The second-order valence-electron chi connectivity index (χ2n) is 4.89. The van der Waals surface area contributed by atoms with E-state index in [0.717, 1.165) is 25.7 Å². The molecule has 1 aliphatic carbocycles. The fourth-order valence-electron chi connectivity index (χ4n) is 1.83. The lowest BCUT2D eigenvalue weighted by Gasteiger charge is -2.11. The molecule has 0 saturated heterocycles. The van der Waals surface area contributed by atoms with Gasteiger partial charge >= 0.3 is 0 Å². The fraction of sp³-hybridized carbons (Fsp3) is 0.818. The molecule has 1 N–H and O–H groups in total. The normalized spacial score (nSPS) is 17.9. The van der Waals surface area contributed by atoms with E-state index < -0.39 is 10.0 Å². The van der Waals surface area contributed by atoms with Crippen molar-refractivity contribution in [3.8, 4) is 0 Å². The van der Waals surface area contributed by atoms with Gasteiger partial charge in [0, 0.05) is 12.0 Å². The van der Waals surface area contributed by atoms with Gasteiger partial charge in [-0.15, -0.1) is 0 Å². The average molecular weight is 273 g/mol. The Bertz CT molecular complexity index is 493. The molecular formula is C11H19N3O3S. The van der Waals surface area contributed by atoms with Crippen LogP contribution in [-0.4, -0.2) is 24.6 Å². The van der Waals surface area contributed by atoms with Crippen LogP contribution in [0.25, 0.3) is 0 Å². The van der Waals surface area contributed by atoms with Gasteiger partial charge < -0.3 is 4.52 Å². The number of nitrogens with one attached hydrogen (secondary N) is 1. The number of aromatic nitrogens is 2. The van der Waals surface area contributed by atoms with Crippen LogP contribution in [0.3, 0.4) is 0 Å². The topological polar surface area (TPSA) is 85.1 Å². The van der Waals surface area contributed by atoms with E-state index in [1.54, 1.807) is 0 Å². The van der Waals surface area contributed by atoms with Crippen LogP contribution < -0.4 is 4.72 Å². The summed E-state index contributed by atoms with van der Waals surface area (Å²) in [4.78, 5) is 4.11. The summed E-state index contributed by atoms with van der Waals surface area (Å²) in [5.74, 6) is 0.952. The second-order valence-corrected chi connectivity index (χ2v) is 6.64. The van der Waals surface area contributed by atoms with Crippen molar-refractivity contribution in [3.63, 3.8) is 0 Å². The summed E-state index contributed by atoms with van der Waals surface area (Å²) >= 11 is 0. The summed E-state index contributed by atoms with van der Waals surface area (Å²) in [5.41, 5.74) is 0. The molecule has 2 rings (SSSR count). The average Bonchev–Trinajstić information content (AvgIpc) is 3.00. The molecule has 18 heavy (non-hydrogen) atoms. The zero-order chi connectivity index (χ0) is 13.2. The predicted molar refractivity (Wildman–Crippen MR) is 66.4 cm³/mol. The lowest BCUT2D eigenvalue weighted by Crippen LogP contribution is -2.33. The molecule has 0 aliphatic heterocycles. The third-order valence-electron chi connectivity index (χ3n) is 2.83. The van der Waals surface area contributed by atoms with Crippen molar-refractivity contribution in [1.82, 2.24) is 14.9 Å². The number of nitrogens with zero attached hydrogens (tertiary/aromatic N) is 2. The number of hydrogen-bond donors (Lipinski definition) is 1. The molecule has 1 fully saturated rings. The summed E-state index contributed by atoms with van der Waals surface area (Å²) in [6.07, 6.45) is 3.87. The highest BCUT2D eigenvalue weighted by molar-refractivity contribution is 7.88. The Kier molecular flexibility index (Phi) is 4.01. The fourth-order valence-corrected chi connectivity index (χ4v) is 3.10. The number of sulfonamides is 1. The molecule has 0 spiro atoms. The molecule has 0 radical (unpaired) electrons. The predicted octanol–water partition coefficient (Wildman–Crippen LogP) is 1.55. The Morgan fingerprint density at radius 3 is 2.83 bits per heavy atom. The van der Waals surface area contributed by atoms with Crippen LogP contribution in [0.2, 0.25) is 0 Å². The van der Waals surface area contributed by atoms with Gasteiger partial charge in [0.2, 0.25) is 15.9 Å². The van der Waals surface area contributed by atoms with Crippen LogP contribution in [0, 0.1) is 0 Å². The first-order valence-corrected chi connectivity index (χ1v) is 7.98. The second kappa shape index (κ2) is 5.36. The molecule has 1 aliphatic rings. The van der Waals surface area contributed by atoms with Crippen molar-refractivity contribution in [2.75, 3.05) is 0 Å². The summed E-state index contributed by atoms with van der Waals surface area (Å²) < 4.78 is 31.3. The lowest BCUT2D eigenvalue weighted by atomic mass is 10.2. The highest BCUT2D eigenvalue weighted by Crippen LogP contribution is 2.38. The summed E-state index contributed by atoms with van der Waals surface area (Å²) in [7, 11) is -3.38. The van der Waals surface area contributed by atoms with E-state index in [4.69, 9.17) is 4.52 Å². The SMILES string of the molecule is CCCC(C)NS(=O)(=O)Cc1noc(C2CC2)n1. The lowest BCUT2D eigenvalue weighted by molar-refractivity contribution is 0.375. The number of hydrogen-bond acceptors (Lipinski definition) is 5. The minimum Gasteiger partial charge on any atom is -0.339 e. The Labute approximate surface area is 107 Å². The molecule has 102 valence electrons. The molecule has 0 bridgehead atoms. The third kappa shape index (κ3) is 3.78. The van der Waals surface area contributed by atoms with Gasteiger partial charge in [-0.25, -0.2) is 13.1 Å². The van der Waals surface area contributed by atoms with Crippen LogP contribution in [0.5, 0.6) is 0 Å². The van der Waals surface area contributed by atoms with Gasteiger partial charge in [0.25, 0.3) is 0 Å². The van der Waals surface area contributed by atoms with Gasteiger partial charge in [-0.1, -0.05) is 18.5 Å². The maximum Gasteiger partial charge on any atom is 0.229 e. The van der Waals surface area contributed by atoms with E-state index in [9.17, 15) is 8.42 Å². The molecule has 0 aromatic carbocycles. The molecule has 1 saturated carbocycles. The van der Waals surface area contributed by atoms with Crippen molar-refractivity contribution in [2.24, 2.45) is 0 Å². The van der Waals surface area contributed by atoms with Gasteiger partial charge in [-0.05, 0) is 26.2 Å². The zero-order valence-corrected chi connectivity index (χ0v) is 11.5. The first-order chi connectivity index (χ1) is 8.50. The van der Waals surface area contributed by atoms with Crippen molar-refractivity contribution in [3.05, 3.63) is 11.7 Å². The summed E-state index contributed by atoms with van der Waals surface area (Å²) in [5, 5.41) is 3.71. The van der Waals surface area contributed by atoms with Crippen molar-refractivity contribution >= 4 is 10.0 Å². The molecule has 7 heteroatoms. The van der Waals surface area contributed by atoms with E-state index in [1.807, 2.05) is 13.8 Å². The van der Waals surface area contributed by atoms with E-state index in [2.05, 4.69) is 14.9 Å². The van der Waals surface area contributed by atoms with Gasteiger partial charge in [0.15, 0.2) is 5.82 Å². The highest BCUT2D eigenvalue weighted by atomic mass is 32.2. The molecule has 0 amide bonds.